The van der Waals surface area contributed by atoms with Gasteiger partial charge in [-0.1, -0.05) is 12.1 Å². The van der Waals surface area contributed by atoms with Crippen molar-refractivity contribution in [3.63, 3.8) is 0 Å². The molecule has 0 fully saturated rings. The molecule has 0 spiro atoms. The predicted molar refractivity (Wildman–Crippen MR) is 84.3 cm³/mol. The molecule has 6 nitrogen and oxygen atoms in total. The summed E-state index contributed by atoms with van der Waals surface area (Å²) in [5.74, 6) is -2.62. The number of carbonyl (C=O) groups is 3. The summed E-state index contributed by atoms with van der Waals surface area (Å²) in [5, 5.41) is 20.1. The summed E-state index contributed by atoms with van der Waals surface area (Å²) < 4.78 is 0.766. The minimum atomic E-state index is -1.17. The van der Waals surface area contributed by atoms with Crippen LogP contribution in [-0.2, 0) is 9.59 Å². The fraction of sp³-hybridized carbons (Fsp3) is 0.357. The first-order valence-electron chi connectivity index (χ1n) is 6.33. The fourth-order valence-corrected chi connectivity index (χ4v) is 2.38. The second kappa shape index (κ2) is 7.96. The lowest BCUT2D eigenvalue weighted by atomic mass is 10.1. The molecule has 0 aliphatic heterocycles. The van der Waals surface area contributed by atoms with Crippen molar-refractivity contribution in [1.82, 2.24) is 5.32 Å². The van der Waals surface area contributed by atoms with Crippen molar-refractivity contribution in [3.05, 3.63) is 32.9 Å². The van der Waals surface area contributed by atoms with Gasteiger partial charge in [0.25, 0.3) is 5.91 Å². The molecule has 3 N–H and O–H groups in total. The van der Waals surface area contributed by atoms with Gasteiger partial charge in [0.1, 0.15) is 6.04 Å². The molecule has 0 saturated carbocycles. The van der Waals surface area contributed by atoms with Gasteiger partial charge in [0.05, 0.1) is 5.56 Å². The second-order valence-corrected chi connectivity index (χ2v) is 5.67. The molecule has 0 aromatic heterocycles. The largest absolute Gasteiger partial charge is 0.481 e. The number of amides is 1. The Morgan fingerprint density at radius 2 is 1.95 bits per heavy atom. The summed E-state index contributed by atoms with van der Waals surface area (Å²) in [4.78, 5) is 33.7. The molecule has 1 amide bonds. The van der Waals surface area contributed by atoms with Crippen molar-refractivity contribution in [2.24, 2.45) is 0 Å². The Balaban J connectivity index is 2.74. The zero-order chi connectivity index (χ0) is 16.0. The summed E-state index contributed by atoms with van der Waals surface area (Å²) in [6.45, 7) is 1.86. The molecule has 1 aromatic rings. The SMILES string of the molecule is Cc1cccc(C(=O)N[C@H](CCCC(=O)O)C(=O)O)c1I. The normalized spacial score (nSPS) is 11.7. The maximum atomic E-state index is 12.1. The zero-order valence-electron chi connectivity index (χ0n) is 11.4. The van der Waals surface area contributed by atoms with Gasteiger partial charge in [-0.3, -0.25) is 9.59 Å². The number of hydrogen-bond donors (Lipinski definition) is 3. The summed E-state index contributed by atoms with van der Waals surface area (Å²) in [6, 6.07) is 4.13. The average Bonchev–Trinajstić information content (AvgIpc) is 2.40. The van der Waals surface area contributed by atoms with E-state index in [1.54, 1.807) is 12.1 Å². The molecule has 1 rings (SSSR count). The second-order valence-electron chi connectivity index (χ2n) is 4.59. The van der Waals surface area contributed by atoms with Crippen molar-refractivity contribution >= 4 is 40.4 Å². The molecule has 0 bridgehead atoms. The molecular formula is C14H16INO5. The molecule has 114 valence electrons. The van der Waals surface area contributed by atoms with Gasteiger partial charge < -0.3 is 15.5 Å². The third-order valence-electron chi connectivity index (χ3n) is 2.92. The van der Waals surface area contributed by atoms with Crippen molar-refractivity contribution in [2.75, 3.05) is 0 Å². The molecule has 0 saturated heterocycles. The number of aryl methyl sites for hydroxylation is 1. The van der Waals surface area contributed by atoms with Gasteiger partial charge in [-0.25, -0.2) is 4.79 Å². The van der Waals surface area contributed by atoms with E-state index in [-0.39, 0.29) is 19.3 Å². The fourth-order valence-electron chi connectivity index (χ4n) is 1.77. The van der Waals surface area contributed by atoms with Crippen LogP contribution in [0.5, 0.6) is 0 Å². The van der Waals surface area contributed by atoms with Crippen molar-refractivity contribution in [3.8, 4) is 0 Å². The van der Waals surface area contributed by atoms with Gasteiger partial charge in [0, 0.05) is 9.99 Å². The minimum absolute atomic E-state index is 0.0791. The standard InChI is InChI=1S/C14H16INO5/c1-8-4-2-5-9(12(8)15)13(19)16-10(14(20)21)6-3-7-11(17)18/h2,4-5,10H,3,6-7H2,1H3,(H,16,19)(H,17,18)(H,20,21)/t10-/m1/s1. The number of carbonyl (C=O) groups excluding carboxylic acids is 1. The number of aliphatic carboxylic acids is 2. The maximum absolute atomic E-state index is 12.1. The van der Waals surface area contributed by atoms with E-state index in [4.69, 9.17) is 10.2 Å². The molecule has 7 heteroatoms. The Morgan fingerprint density at radius 1 is 1.29 bits per heavy atom. The molecule has 0 aliphatic carbocycles. The van der Waals surface area contributed by atoms with Crippen LogP contribution in [0, 0.1) is 10.5 Å². The van der Waals surface area contributed by atoms with Gasteiger partial charge in [0.2, 0.25) is 0 Å². The van der Waals surface area contributed by atoms with Gasteiger partial charge in [-0.15, -0.1) is 0 Å². The number of halogens is 1. The van der Waals surface area contributed by atoms with Crippen LogP contribution in [0.1, 0.15) is 35.2 Å². The lowest BCUT2D eigenvalue weighted by Crippen LogP contribution is -2.41. The van der Waals surface area contributed by atoms with Gasteiger partial charge in [-0.05, 0) is 54.0 Å². The molecule has 0 radical (unpaired) electrons. The Labute approximate surface area is 135 Å². The van der Waals surface area contributed by atoms with Crippen LogP contribution >= 0.6 is 22.6 Å². The smallest absolute Gasteiger partial charge is 0.326 e. The molecular weight excluding hydrogens is 389 g/mol. The first kappa shape index (κ1) is 17.4. The van der Waals surface area contributed by atoms with E-state index in [2.05, 4.69) is 5.32 Å². The molecule has 1 aromatic carbocycles. The lowest BCUT2D eigenvalue weighted by molar-refractivity contribution is -0.140. The average molecular weight is 405 g/mol. The highest BCUT2D eigenvalue weighted by atomic mass is 127. The molecule has 0 aliphatic rings. The van der Waals surface area contributed by atoms with Crippen molar-refractivity contribution < 1.29 is 24.6 Å². The Bertz CT molecular complexity index is 558. The van der Waals surface area contributed by atoms with E-state index in [0.717, 1.165) is 9.13 Å². The topological polar surface area (TPSA) is 104 Å². The highest BCUT2D eigenvalue weighted by Gasteiger charge is 2.22. The van der Waals surface area contributed by atoms with Gasteiger partial charge in [0.15, 0.2) is 0 Å². The predicted octanol–water partition coefficient (Wildman–Crippen LogP) is 2.04. The monoisotopic (exact) mass is 405 g/mol. The first-order chi connectivity index (χ1) is 9.82. The molecule has 21 heavy (non-hydrogen) atoms. The number of carboxylic acids is 2. The highest BCUT2D eigenvalue weighted by Crippen LogP contribution is 2.17. The van der Waals surface area contributed by atoms with Crippen molar-refractivity contribution in [1.29, 1.82) is 0 Å². The minimum Gasteiger partial charge on any atom is -0.481 e. The number of hydrogen-bond acceptors (Lipinski definition) is 3. The Morgan fingerprint density at radius 3 is 2.52 bits per heavy atom. The Kier molecular flexibility index (Phi) is 6.60. The molecule has 0 unspecified atom stereocenters. The summed E-state index contributed by atoms with van der Waals surface area (Å²) in [6.07, 6.45) is 0.148. The van der Waals surface area contributed by atoms with Crippen LogP contribution in [0.2, 0.25) is 0 Å². The van der Waals surface area contributed by atoms with Crippen LogP contribution in [0.3, 0.4) is 0 Å². The lowest BCUT2D eigenvalue weighted by Gasteiger charge is -2.15. The van der Waals surface area contributed by atoms with E-state index < -0.39 is 23.9 Å². The van der Waals surface area contributed by atoms with Crippen LogP contribution in [0.25, 0.3) is 0 Å². The summed E-state index contributed by atoms with van der Waals surface area (Å²) in [5.41, 5.74) is 1.35. The van der Waals surface area contributed by atoms with E-state index >= 15 is 0 Å². The Hall–Kier alpha value is -1.64. The zero-order valence-corrected chi connectivity index (χ0v) is 13.6. The number of rotatable bonds is 7. The van der Waals surface area contributed by atoms with E-state index in [1.807, 2.05) is 35.6 Å². The van der Waals surface area contributed by atoms with Crippen LogP contribution in [0.4, 0.5) is 0 Å². The summed E-state index contributed by atoms with van der Waals surface area (Å²) >= 11 is 2.04. The van der Waals surface area contributed by atoms with E-state index in [9.17, 15) is 14.4 Å². The number of benzene rings is 1. The maximum Gasteiger partial charge on any atom is 0.326 e. The third kappa shape index (κ3) is 5.33. The van der Waals surface area contributed by atoms with Gasteiger partial charge in [-0.2, -0.15) is 0 Å². The summed E-state index contributed by atoms with van der Waals surface area (Å²) in [7, 11) is 0. The third-order valence-corrected chi connectivity index (χ3v) is 4.36. The van der Waals surface area contributed by atoms with Gasteiger partial charge >= 0.3 is 11.9 Å². The molecule has 0 heterocycles. The first-order valence-corrected chi connectivity index (χ1v) is 7.41. The van der Waals surface area contributed by atoms with Crippen molar-refractivity contribution in [2.45, 2.75) is 32.2 Å². The highest BCUT2D eigenvalue weighted by molar-refractivity contribution is 14.1. The quantitative estimate of drug-likeness (QED) is 0.603. The van der Waals surface area contributed by atoms with Crippen LogP contribution in [-0.4, -0.2) is 34.1 Å². The number of carboxylic acid groups (broad SMARTS) is 2. The van der Waals surface area contributed by atoms with Crippen LogP contribution in [0.15, 0.2) is 18.2 Å². The van der Waals surface area contributed by atoms with E-state index in [1.165, 1.54) is 0 Å². The molecule has 1 atom stereocenters. The van der Waals surface area contributed by atoms with E-state index in [0.29, 0.717) is 5.56 Å². The number of nitrogens with one attached hydrogen (secondary N) is 1. The van der Waals surface area contributed by atoms with Crippen LogP contribution < -0.4 is 5.32 Å².